The Morgan fingerprint density at radius 2 is 1.94 bits per heavy atom. The molecule has 2 N–H and O–H groups in total. The lowest BCUT2D eigenvalue weighted by molar-refractivity contribution is -0.137. The van der Waals surface area contributed by atoms with Crippen molar-refractivity contribution in [3.8, 4) is 0 Å². The highest BCUT2D eigenvalue weighted by Gasteiger charge is 1.96. The molecule has 0 bridgehead atoms. The number of nitrogens with zero attached hydrogens (tertiary/aromatic N) is 2. The molecule has 5 heteroatoms. The minimum absolute atomic E-state index is 0.297. The Hall–Kier alpha value is -1.36. The fourth-order valence-corrected chi connectivity index (χ4v) is 1.79. The molecular weight excluding hydrogens is 230 g/mol. The summed E-state index contributed by atoms with van der Waals surface area (Å²) in [5, 5.41) is 11.9. The van der Waals surface area contributed by atoms with Gasteiger partial charge in [-0.3, -0.25) is 4.79 Å². The van der Waals surface area contributed by atoms with Crippen LogP contribution in [0.4, 0.5) is 0 Å². The summed E-state index contributed by atoms with van der Waals surface area (Å²) in [6, 6.07) is 0. The molecule has 0 aliphatic heterocycles. The SMILES string of the molecule is O=C(O)CCCCCNCCCCn1ccnc1. The molecule has 18 heavy (non-hydrogen) atoms. The zero-order chi connectivity index (χ0) is 13.1. The van der Waals surface area contributed by atoms with Crippen LogP contribution in [0.5, 0.6) is 0 Å². The molecule has 0 saturated carbocycles. The van der Waals surface area contributed by atoms with Gasteiger partial charge in [0.25, 0.3) is 0 Å². The monoisotopic (exact) mass is 253 g/mol. The van der Waals surface area contributed by atoms with E-state index in [1.165, 1.54) is 0 Å². The number of aliphatic carboxylic acids is 1. The third-order valence-electron chi connectivity index (χ3n) is 2.82. The molecule has 102 valence electrons. The molecule has 0 saturated heterocycles. The van der Waals surface area contributed by atoms with Crippen molar-refractivity contribution in [1.82, 2.24) is 14.9 Å². The molecule has 0 aromatic carbocycles. The predicted molar refractivity (Wildman–Crippen MR) is 70.4 cm³/mol. The number of rotatable bonds is 11. The Morgan fingerprint density at radius 1 is 1.17 bits per heavy atom. The van der Waals surface area contributed by atoms with Crippen LogP contribution >= 0.6 is 0 Å². The number of nitrogens with one attached hydrogen (secondary N) is 1. The normalized spacial score (nSPS) is 10.7. The van der Waals surface area contributed by atoms with E-state index in [1.807, 2.05) is 12.5 Å². The van der Waals surface area contributed by atoms with Crippen molar-refractivity contribution >= 4 is 5.97 Å². The highest BCUT2D eigenvalue weighted by Crippen LogP contribution is 1.99. The summed E-state index contributed by atoms with van der Waals surface area (Å²) in [6.07, 6.45) is 11.1. The van der Waals surface area contributed by atoms with Crippen molar-refractivity contribution in [3.63, 3.8) is 0 Å². The van der Waals surface area contributed by atoms with Crippen LogP contribution in [-0.4, -0.2) is 33.7 Å². The Morgan fingerprint density at radius 3 is 2.61 bits per heavy atom. The molecule has 0 radical (unpaired) electrons. The van der Waals surface area contributed by atoms with Crippen LogP contribution in [0.25, 0.3) is 0 Å². The first-order chi connectivity index (χ1) is 8.79. The molecule has 1 heterocycles. The second kappa shape index (κ2) is 9.65. The summed E-state index contributed by atoms with van der Waals surface area (Å²) in [6.45, 7) is 3.05. The first-order valence-corrected chi connectivity index (χ1v) is 6.67. The van der Waals surface area contributed by atoms with Crippen LogP contribution in [-0.2, 0) is 11.3 Å². The number of hydrogen-bond acceptors (Lipinski definition) is 3. The van der Waals surface area contributed by atoms with Crippen LogP contribution in [0.2, 0.25) is 0 Å². The molecule has 0 spiro atoms. The zero-order valence-corrected chi connectivity index (χ0v) is 10.8. The van der Waals surface area contributed by atoms with Crippen LogP contribution in [0.1, 0.15) is 38.5 Å². The van der Waals surface area contributed by atoms with E-state index in [2.05, 4.69) is 14.9 Å². The average molecular weight is 253 g/mol. The number of carbonyl (C=O) groups is 1. The summed E-state index contributed by atoms with van der Waals surface area (Å²) < 4.78 is 2.09. The molecule has 1 aromatic rings. The quantitative estimate of drug-likeness (QED) is 0.591. The lowest BCUT2D eigenvalue weighted by atomic mass is 10.2. The lowest BCUT2D eigenvalue weighted by Crippen LogP contribution is -2.17. The van der Waals surface area contributed by atoms with E-state index >= 15 is 0 Å². The Bertz CT molecular complexity index is 312. The third kappa shape index (κ3) is 7.84. The fourth-order valence-electron chi connectivity index (χ4n) is 1.79. The molecule has 0 fully saturated rings. The molecule has 0 aliphatic carbocycles. The summed E-state index contributed by atoms with van der Waals surface area (Å²) in [4.78, 5) is 14.3. The molecule has 0 unspecified atom stereocenters. The van der Waals surface area contributed by atoms with Gasteiger partial charge < -0.3 is 15.0 Å². The fraction of sp³-hybridized carbons (Fsp3) is 0.692. The summed E-state index contributed by atoms with van der Waals surface area (Å²) >= 11 is 0. The van der Waals surface area contributed by atoms with Crippen molar-refractivity contribution in [2.45, 2.75) is 45.1 Å². The molecule has 1 aromatic heterocycles. The van der Waals surface area contributed by atoms with E-state index < -0.39 is 5.97 Å². The molecule has 0 aliphatic rings. The Balaban J connectivity index is 1.77. The van der Waals surface area contributed by atoms with Crippen molar-refractivity contribution in [2.24, 2.45) is 0 Å². The number of aromatic nitrogens is 2. The highest BCUT2D eigenvalue weighted by molar-refractivity contribution is 5.66. The van der Waals surface area contributed by atoms with Crippen LogP contribution in [0.15, 0.2) is 18.7 Å². The van der Waals surface area contributed by atoms with Crippen molar-refractivity contribution in [3.05, 3.63) is 18.7 Å². The van der Waals surface area contributed by atoms with Gasteiger partial charge in [0.2, 0.25) is 0 Å². The largest absolute Gasteiger partial charge is 0.481 e. The topological polar surface area (TPSA) is 67.2 Å². The number of imidazole rings is 1. The van der Waals surface area contributed by atoms with E-state index in [0.29, 0.717) is 6.42 Å². The highest BCUT2D eigenvalue weighted by atomic mass is 16.4. The van der Waals surface area contributed by atoms with Crippen molar-refractivity contribution < 1.29 is 9.90 Å². The van der Waals surface area contributed by atoms with Gasteiger partial charge in [0.15, 0.2) is 0 Å². The van der Waals surface area contributed by atoms with E-state index in [4.69, 9.17) is 5.11 Å². The van der Waals surface area contributed by atoms with Gasteiger partial charge in [-0.1, -0.05) is 6.42 Å². The number of carboxylic acid groups (broad SMARTS) is 1. The van der Waals surface area contributed by atoms with Gasteiger partial charge in [0, 0.05) is 25.4 Å². The van der Waals surface area contributed by atoms with E-state index in [9.17, 15) is 4.79 Å². The summed E-state index contributed by atoms with van der Waals surface area (Å²) in [5.41, 5.74) is 0. The predicted octanol–water partition coefficient (Wildman–Crippen LogP) is 1.90. The molecule has 0 atom stereocenters. The maximum atomic E-state index is 10.3. The van der Waals surface area contributed by atoms with Crippen molar-refractivity contribution in [2.75, 3.05) is 13.1 Å². The molecule has 5 nitrogen and oxygen atoms in total. The molecule has 1 rings (SSSR count). The Kier molecular flexibility index (Phi) is 7.88. The van der Waals surface area contributed by atoms with Gasteiger partial charge in [-0.05, 0) is 38.8 Å². The third-order valence-corrected chi connectivity index (χ3v) is 2.82. The second-order valence-electron chi connectivity index (χ2n) is 4.46. The number of aryl methyl sites for hydroxylation is 1. The maximum absolute atomic E-state index is 10.3. The molecule has 0 amide bonds. The first-order valence-electron chi connectivity index (χ1n) is 6.67. The summed E-state index contributed by atoms with van der Waals surface area (Å²) in [5.74, 6) is -0.692. The zero-order valence-electron chi connectivity index (χ0n) is 10.8. The number of hydrogen-bond donors (Lipinski definition) is 2. The average Bonchev–Trinajstić information content (AvgIpc) is 2.84. The van der Waals surface area contributed by atoms with E-state index in [-0.39, 0.29) is 0 Å². The van der Waals surface area contributed by atoms with Crippen molar-refractivity contribution in [1.29, 1.82) is 0 Å². The van der Waals surface area contributed by atoms with Gasteiger partial charge in [-0.15, -0.1) is 0 Å². The molecular formula is C13H23N3O2. The number of carboxylic acids is 1. The standard InChI is InChI=1S/C13H23N3O2/c17-13(18)6-2-1-3-7-14-8-4-5-10-16-11-9-15-12-16/h9,11-12,14H,1-8,10H2,(H,17,18). The minimum atomic E-state index is -0.692. The van der Waals surface area contributed by atoms with Gasteiger partial charge in [-0.2, -0.15) is 0 Å². The van der Waals surface area contributed by atoms with Gasteiger partial charge >= 0.3 is 5.97 Å². The van der Waals surface area contributed by atoms with E-state index in [1.54, 1.807) is 6.20 Å². The van der Waals surface area contributed by atoms with Gasteiger partial charge in [0.1, 0.15) is 0 Å². The summed E-state index contributed by atoms with van der Waals surface area (Å²) in [7, 11) is 0. The van der Waals surface area contributed by atoms with Gasteiger partial charge in [-0.25, -0.2) is 4.98 Å². The Labute approximate surface area is 108 Å². The van der Waals surface area contributed by atoms with Crippen LogP contribution < -0.4 is 5.32 Å². The van der Waals surface area contributed by atoms with Crippen LogP contribution in [0.3, 0.4) is 0 Å². The maximum Gasteiger partial charge on any atom is 0.303 e. The second-order valence-corrected chi connectivity index (χ2v) is 4.46. The minimum Gasteiger partial charge on any atom is -0.481 e. The van der Waals surface area contributed by atoms with Crippen LogP contribution in [0, 0.1) is 0 Å². The van der Waals surface area contributed by atoms with Gasteiger partial charge in [0.05, 0.1) is 6.33 Å². The lowest BCUT2D eigenvalue weighted by Gasteiger charge is -2.05. The smallest absolute Gasteiger partial charge is 0.303 e. The van der Waals surface area contributed by atoms with E-state index in [0.717, 1.165) is 51.7 Å². The first kappa shape index (κ1) is 14.7. The number of unbranched alkanes of at least 4 members (excludes halogenated alkanes) is 3.